The molecule has 154 valence electrons. The molecule has 2 atom stereocenters. The number of imidazole rings is 1. The number of H-pyrrole nitrogens is 1. The predicted molar refractivity (Wildman–Crippen MR) is 112 cm³/mol. The van der Waals surface area contributed by atoms with Crippen LogP contribution in [-0.4, -0.2) is 19.1 Å². The summed E-state index contributed by atoms with van der Waals surface area (Å²) in [4.78, 5) is 33.7. The zero-order valence-electron chi connectivity index (χ0n) is 40.7. The molecule has 0 radical (unpaired) electrons. The second kappa shape index (κ2) is 7.20. The van der Waals surface area contributed by atoms with E-state index in [1.807, 2.05) is 4.98 Å². The lowest BCUT2D eigenvalue weighted by molar-refractivity contribution is 0.0863. The van der Waals surface area contributed by atoms with E-state index in [2.05, 4.69) is 4.98 Å². The van der Waals surface area contributed by atoms with Crippen LogP contribution in [0.1, 0.15) is 114 Å². The molecule has 0 spiro atoms. The summed E-state index contributed by atoms with van der Waals surface area (Å²) in [6.07, 6.45) is -28.9. The highest BCUT2D eigenvalue weighted by atomic mass is 16.2. The number of hydrogen-bond acceptors (Lipinski definition) is 3. The van der Waals surface area contributed by atoms with Crippen molar-refractivity contribution in [2.24, 2.45) is 17.7 Å². The Labute approximate surface area is 202 Å². The van der Waals surface area contributed by atoms with Crippen molar-refractivity contribution in [3.63, 3.8) is 0 Å². The van der Waals surface area contributed by atoms with Crippen molar-refractivity contribution in [1.29, 1.82) is 0 Å². The summed E-state index contributed by atoms with van der Waals surface area (Å²) < 4.78 is 219. The summed E-state index contributed by atoms with van der Waals surface area (Å²) in [7, 11) is 0. The highest BCUT2D eigenvalue weighted by molar-refractivity contribution is 5.70. The maximum atomic E-state index is 14.0. The van der Waals surface area contributed by atoms with E-state index in [9.17, 15) is 12.3 Å². The Hall–Kier alpha value is -1.85. The SMILES string of the molecule is [2H]C([2H])C1([2H])C([2H])([2H])C2([2H])C([2H])([2H])C(C)(c3nc4c([nH]3)c(=O)n(C([2H])([2H])C([2H])([2H])C([2H])([2H])[2H])c(=O)n4C([2H])([2H])C([2H])([2H])C)C([2H])([2H])C([2H])(C1([2H])[2H])C2([2H])[2H]. The van der Waals surface area contributed by atoms with E-state index in [0.29, 0.717) is 13.8 Å². The molecule has 0 amide bonds. The molecule has 4 rings (SSSR count). The molecule has 6 nitrogen and oxygen atoms in total. The van der Waals surface area contributed by atoms with Gasteiger partial charge in [-0.3, -0.25) is 13.9 Å². The van der Waals surface area contributed by atoms with Crippen molar-refractivity contribution in [3.8, 4) is 0 Å². The van der Waals surface area contributed by atoms with Gasteiger partial charge >= 0.3 is 5.69 Å². The molecule has 2 aliphatic carbocycles. The van der Waals surface area contributed by atoms with Crippen LogP contribution in [0.2, 0.25) is 0 Å². The molecule has 0 aliphatic heterocycles. The van der Waals surface area contributed by atoms with Crippen LogP contribution in [0, 0.1) is 17.7 Å². The topological polar surface area (TPSA) is 72.7 Å². The molecular weight excluding hydrogens is 352 g/mol. The molecule has 1 N–H and O–H groups in total. The van der Waals surface area contributed by atoms with Crippen LogP contribution in [-0.2, 0) is 18.4 Å². The monoisotopic (exact) mass is 412 g/mol. The van der Waals surface area contributed by atoms with Gasteiger partial charge in [0.05, 0.1) is 2.74 Å². The first-order valence-corrected chi connectivity index (χ1v) is 7.99. The Morgan fingerprint density at radius 3 is 2.61 bits per heavy atom. The molecule has 2 bridgehead atoms. The largest absolute Gasteiger partial charge is 0.336 e. The first kappa shape index (κ1) is 5.44. The van der Waals surface area contributed by atoms with Gasteiger partial charge in [0.25, 0.3) is 5.56 Å². The van der Waals surface area contributed by atoms with E-state index in [1.54, 1.807) is 0 Å². The maximum absolute atomic E-state index is 14.0. The summed E-state index contributed by atoms with van der Waals surface area (Å²) in [5.41, 5.74) is -10.9. The van der Waals surface area contributed by atoms with Crippen LogP contribution in [0.3, 0.4) is 0 Å². The molecule has 2 heterocycles. The van der Waals surface area contributed by atoms with Gasteiger partial charge in [0.2, 0.25) is 0 Å². The van der Waals surface area contributed by atoms with Crippen LogP contribution in [0.4, 0.5) is 0 Å². The van der Waals surface area contributed by atoms with Gasteiger partial charge in [-0.2, -0.15) is 0 Å². The highest BCUT2D eigenvalue weighted by Gasteiger charge is 2.43. The van der Waals surface area contributed by atoms with Crippen LogP contribution in [0.25, 0.3) is 11.2 Å². The number of aromatic nitrogens is 4. The second-order valence-corrected chi connectivity index (χ2v) is 6.05. The van der Waals surface area contributed by atoms with Gasteiger partial charge in [0, 0.05) is 51.3 Å². The average Bonchev–Trinajstić information content (AvgIpc) is 3.41. The van der Waals surface area contributed by atoms with Crippen LogP contribution in [0.5, 0.6) is 0 Å². The molecule has 2 aromatic heterocycles. The highest BCUT2D eigenvalue weighted by Crippen LogP contribution is 2.50. The normalized spacial score (nSPS) is 63.2. The Morgan fingerprint density at radius 1 is 1.25 bits per heavy atom. The quantitative estimate of drug-likeness (QED) is 0.811. The third kappa shape index (κ3) is 3.15. The Bertz CT molecular complexity index is 1960. The van der Waals surface area contributed by atoms with Crippen LogP contribution in [0.15, 0.2) is 9.59 Å². The van der Waals surface area contributed by atoms with Crippen molar-refractivity contribution < 1.29 is 35.6 Å². The van der Waals surface area contributed by atoms with Crippen LogP contribution >= 0.6 is 0 Å². The third-order valence-corrected chi connectivity index (χ3v) is 4.08. The van der Waals surface area contributed by atoms with Gasteiger partial charge in [-0.25, -0.2) is 9.78 Å². The van der Waals surface area contributed by atoms with E-state index in [-0.39, 0.29) is 0 Å². The van der Waals surface area contributed by atoms with Crippen LogP contribution < -0.4 is 11.2 Å². The van der Waals surface area contributed by atoms with E-state index in [4.69, 9.17) is 32.9 Å². The molecule has 2 aliphatic rings. The zero-order valence-corrected chi connectivity index (χ0v) is 14.7. The van der Waals surface area contributed by atoms with Gasteiger partial charge in [-0.05, 0) is 62.3 Å². The fourth-order valence-corrected chi connectivity index (χ4v) is 2.93. The third-order valence-electron chi connectivity index (χ3n) is 4.08. The van der Waals surface area contributed by atoms with Gasteiger partial charge in [-0.1, -0.05) is 27.6 Å². The predicted octanol–water partition coefficient (Wildman–Crippen LogP) is 3.81. The minimum atomic E-state index is -4.37. The average molecular weight is 413 g/mol. The summed E-state index contributed by atoms with van der Waals surface area (Å²) >= 11 is 0. The molecule has 2 aromatic rings. The number of aryl methyl sites for hydroxylation is 1. The first-order chi connectivity index (χ1) is 23.3. The molecular formula is C22H34N4O2. The minimum absolute atomic E-state index is 0.403. The first-order valence-electron chi connectivity index (χ1n) is 21.1. The summed E-state index contributed by atoms with van der Waals surface area (Å²) in [6.45, 7) is -14.1. The molecule has 0 aromatic carbocycles. The summed E-state index contributed by atoms with van der Waals surface area (Å²) in [5, 5.41) is 0. The van der Waals surface area contributed by atoms with Gasteiger partial charge in [-0.15, -0.1) is 0 Å². The Morgan fingerprint density at radius 2 is 1.96 bits per heavy atom. The molecule has 28 heavy (non-hydrogen) atoms. The summed E-state index contributed by atoms with van der Waals surface area (Å²) in [5.74, 6) is -14.3. The fourth-order valence-electron chi connectivity index (χ4n) is 2.93. The lowest BCUT2D eigenvalue weighted by Crippen LogP contribution is -2.40. The van der Waals surface area contributed by atoms with Crippen molar-refractivity contribution in [2.75, 3.05) is 0 Å². The van der Waals surface area contributed by atoms with Gasteiger partial charge < -0.3 is 4.98 Å². The number of nitrogens with zero attached hydrogens (tertiary/aromatic N) is 3. The lowest BCUT2D eigenvalue weighted by Gasteiger charge is -2.46. The molecule has 2 unspecified atom stereocenters. The van der Waals surface area contributed by atoms with Crippen molar-refractivity contribution in [2.45, 2.75) is 90.6 Å². The fraction of sp³-hybridized carbons (Fsp3) is 0.773. The molecule has 6 heteroatoms. The van der Waals surface area contributed by atoms with Gasteiger partial charge in [0.1, 0.15) is 11.3 Å². The number of rotatable bonds is 5. The number of nitrogens with one attached hydrogen (secondary N) is 1. The van der Waals surface area contributed by atoms with Crippen molar-refractivity contribution in [3.05, 3.63) is 26.7 Å². The number of aromatic amines is 1. The van der Waals surface area contributed by atoms with E-state index < -0.39 is 132 Å². The Kier molecular flexibility index (Phi) is 1.40. The van der Waals surface area contributed by atoms with Crippen molar-refractivity contribution >= 4 is 11.2 Å². The smallest absolute Gasteiger partial charge is 0.332 e. The lowest BCUT2D eigenvalue weighted by atomic mass is 9.59. The van der Waals surface area contributed by atoms with E-state index in [0.717, 1.165) is 0 Å². The second-order valence-electron chi connectivity index (χ2n) is 6.05. The van der Waals surface area contributed by atoms with E-state index >= 15 is 0 Å². The maximum Gasteiger partial charge on any atom is 0.332 e. The van der Waals surface area contributed by atoms with Gasteiger partial charge in [0.15, 0.2) is 5.65 Å². The molecule has 0 saturated heterocycles. The molecule has 2 saturated carbocycles. The minimum Gasteiger partial charge on any atom is -0.336 e. The Balaban J connectivity index is 2.35. The number of fused-ring (bicyclic) bond motifs is 3. The number of hydrogen-bond donors (Lipinski definition) is 1. The van der Waals surface area contributed by atoms with Crippen molar-refractivity contribution in [1.82, 2.24) is 19.1 Å². The zero-order chi connectivity index (χ0) is 43.0. The summed E-state index contributed by atoms with van der Waals surface area (Å²) in [6, 6.07) is 0. The van der Waals surface area contributed by atoms with E-state index in [1.165, 1.54) is 0 Å². The molecule has 2 fully saturated rings. The standard InChI is InChI=1S/C22H34N4O2/c1-5-7-25-18-17(19(27)26(8-6-2)21(25)28)23-20(24-18)22(4)12-15-9-14(3)10-16(11-15)13-22/h14-16H,5-13H2,1-4H3,(H,23,24)/i2D3,3D2,5D2,6D2,7D2,8D2,9D2,10D2,11D2,12D2,13D2,14D,15D,16D.